The van der Waals surface area contributed by atoms with E-state index in [4.69, 9.17) is 10.5 Å². The number of hydrogen-bond acceptors (Lipinski definition) is 3. The highest BCUT2D eigenvalue weighted by molar-refractivity contribution is 4.80. The molecule has 0 aromatic heterocycles. The molecule has 0 aromatic carbocycles. The van der Waals surface area contributed by atoms with Gasteiger partial charge in [0.2, 0.25) is 0 Å². The zero-order valence-electron chi connectivity index (χ0n) is 9.46. The van der Waals surface area contributed by atoms with Gasteiger partial charge in [-0.25, -0.2) is 0 Å². The van der Waals surface area contributed by atoms with Crippen LogP contribution in [0.25, 0.3) is 0 Å². The van der Waals surface area contributed by atoms with E-state index in [2.05, 4.69) is 19.2 Å². The number of nitrogens with one attached hydrogen (secondary N) is 1. The SMILES string of the molecule is CCOC1CC(CCN[C@@H](C)CN)C1. The maximum Gasteiger partial charge on any atom is 0.0580 e. The van der Waals surface area contributed by atoms with Crippen molar-refractivity contribution in [3.8, 4) is 0 Å². The first-order valence-electron chi connectivity index (χ1n) is 5.81. The molecule has 1 saturated carbocycles. The molecule has 0 amide bonds. The molecule has 0 spiro atoms. The third kappa shape index (κ3) is 3.95. The van der Waals surface area contributed by atoms with Crippen molar-refractivity contribution in [3.05, 3.63) is 0 Å². The average Bonchev–Trinajstić information content (AvgIpc) is 2.13. The van der Waals surface area contributed by atoms with Gasteiger partial charge in [-0.1, -0.05) is 0 Å². The van der Waals surface area contributed by atoms with Gasteiger partial charge in [-0.15, -0.1) is 0 Å². The van der Waals surface area contributed by atoms with E-state index in [-0.39, 0.29) is 0 Å². The zero-order chi connectivity index (χ0) is 10.4. The predicted octanol–water partition coefficient (Wildman–Crippen LogP) is 1.13. The van der Waals surface area contributed by atoms with Crippen LogP contribution in [-0.4, -0.2) is 31.8 Å². The third-order valence-corrected chi connectivity index (χ3v) is 2.99. The second-order valence-electron chi connectivity index (χ2n) is 4.29. The second-order valence-corrected chi connectivity index (χ2v) is 4.29. The molecule has 14 heavy (non-hydrogen) atoms. The maximum atomic E-state index is 5.52. The lowest BCUT2D eigenvalue weighted by Gasteiger charge is -2.35. The van der Waals surface area contributed by atoms with Crippen LogP contribution in [0.2, 0.25) is 0 Å². The Morgan fingerprint density at radius 3 is 2.79 bits per heavy atom. The number of nitrogens with two attached hydrogens (primary N) is 1. The van der Waals surface area contributed by atoms with Crippen LogP contribution in [0, 0.1) is 5.92 Å². The summed E-state index contributed by atoms with van der Waals surface area (Å²) in [5.74, 6) is 0.879. The maximum absolute atomic E-state index is 5.52. The van der Waals surface area contributed by atoms with Crippen molar-refractivity contribution in [1.29, 1.82) is 0 Å². The summed E-state index contributed by atoms with van der Waals surface area (Å²) in [6, 6.07) is 0.456. The largest absolute Gasteiger partial charge is 0.378 e. The van der Waals surface area contributed by atoms with Gasteiger partial charge >= 0.3 is 0 Å². The lowest BCUT2D eigenvalue weighted by atomic mass is 9.80. The summed E-state index contributed by atoms with van der Waals surface area (Å²) in [5, 5.41) is 3.41. The summed E-state index contributed by atoms with van der Waals surface area (Å²) < 4.78 is 5.52. The molecule has 3 nitrogen and oxygen atoms in total. The molecule has 0 aromatic rings. The van der Waals surface area contributed by atoms with Gasteiger partial charge in [0.25, 0.3) is 0 Å². The van der Waals surface area contributed by atoms with Crippen LogP contribution < -0.4 is 11.1 Å². The summed E-state index contributed by atoms with van der Waals surface area (Å²) in [4.78, 5) is 0. The van der Waals surface area contributed by atoms with E-state index in [1.54, 1.807) is 0 Å². The van der Waals surface area contributed by atoms with Crippen LogP contribution in [0.3, 0.4) is 0 Å². The molecule has 1 rings (SSSR count). The van der Waals surface area contributed by atoms with Crippen molar-refractivity contribution in [1.82, 2.24) is 5.32 Å². The van der Waals surface area contributed by atoms with E-state index in [9.17, 15) is 0 Å². The Morgan fingerprint density at radius 1 is 1.50 bits per heavy atom. The van der Waals surface area contributed by atoms with Crippen LogP contribution in [-0.2, 0) is 4.74 Å². The van der Waals surface area contributed by atoms with Gasteiger partial charge in [0.1, 0.15) is 0 Å². The van der Waals surface area contributed by atoms with Crippen LogP contribution in [0.5, 0.6) is 0 Å². The number of hydrogen-bond donors (Lipinski definition) is 2. The van der Waals surface area contributed by atoms with Crippen molar-refractivity contribution in [3.63, 3.8) is 0 Å². The van der Waals surface area contributed by atoms with Crippen LogP contribution in [0.15, 0.2) is 0 Å². The normalized spacial score (nSPS) is 28.5. The molecule has 0 aliphatic heterocycles. The molecule has 3 N–H and O–H groups in total. The highest BCUT2D eigenvalue weighted by Gasteiger charge is 2.28. The zero-order valence-corrected chi connectivity index (χ0v) is 9.46. The second kappa shape index (κ2) is 6.38. The fourth-order valence-electron chi connectivity index (χ4n) is 1.90. The Morgan fingerprint density at radius 2 is 2.21 bits per heavy atom. The first-order chi connectivity index (χ1) is 6.76. The quantitative estimate of drug-likeness (QED) is 0.647. The minimum atomic E-state index is 0.456. The van der Waals surface area contributed by atoms with Crippen LogP contribution in [0.1, 0.15) is 33.1 Å². The molecule has 0 bridgehead atoms. The highest BCUT2D eigenvalue weighted by Crippen LogP contribution is 2.32. The van der Waals surface area contributed by atoms with E-state index in [1.807, 2.05) is 0 Å². The first kappa shape index (κ1) is 12.0. The van der Waals surface area contributed by atoms with Gasteiger partial charge in [0.15, 0.2) is 0 Å². The minimum absolute atomic E-state index is 0.456. The summed E-state index contributed by atoms with van der Waals surface area (Å²) in [6.45, 7) is 6.88. The van der Waals surface area contributed by atoms with Crippen LogP contribution in [0.4, 0.5) is 0 Å². The van der Waals surface area contributed by atoms with Gasteiger partial charge in [0.05, 0.1) is 6.10 Å². The predicted molar refractivity (Wildman–Crippen MR) is 59.3 cm³/mol. The van der Waals surface area contributed by atoms with Gasteiger partial charge in [0, 0.05) is 19.2 Å². The van der Waals surface area contributed by atoms with Gasteiger partial charge in [-0.05, 0) is 45.6 Å². The molecular weight excluding hydrogens is 176 g/mol. The molecule has 0 saturated heterocycles. The molecule has 1 atom stereocenters. The van der Waals surface area contributed by atoms with E-state index in [0.29, 0.717) is 12.1 Å². The molecule has 1 aliphatic rings. The topological polar surface area (TPSA) is 47.3 Å². The lowest BCUT2D eigenvalue weighted by Crippen LogP contribution is -2.37. The third-order valence-electron chi connectivity index (χ3n) is 2.99. The highest BCUT2D eigenvalue weighted by atomic mass is 16.5. The number of ether oxygens (including phenoxy) is 1. The van der Waals surface area contributed by atoms with E-state index >= 15 is 0 Å². The summed E-state index contributed by atoms with van der Waals surface area (Å²) in [6.07, 6.45) is 4.34. The molecule has 1 aliphatic carbocycles. The molecular formula is C11H24N2O. The van der Waals surface area contributed by atoms with Crippen molar-refractivity contribution < 1.29 is 4.74 Å². The summed E-state index contributed by atoms with van der Waals surface area (Å²) >= 11 is 0. The fourth-order valence-corrected chi connectivity index (χ4v) is 1.90. The van der Waals surface area contributed by atoms with Crippen molar-refractivity contribution in [2.24, 2.45) is 11.7 Å². The van der Waals surface area contributed by atoms with Gasteiger partial charge in [-0.3, -0.25) is 0 Å². The van der Waals surface area contributed by atoms with Crippen molar-refractivity contribution in [2.75, 3.05) is 19.7 Å². The van der Waals surface area contributed by atoms with Crippen LogP contribution >= 0.6 is 0 Å². The molecule has 84 valence electrons. The summed E-state index contributed by atoms with van der Waals surface area (Å²) in [5.41, 5.74) is 5.51. The Kier molecular flexibility index (Phi) is 5.45. The molecule has 0 heterocycles. The monoisotopic (exact) mass is 200 g/mol. The first-order valence-corrected chi connectivity index (χ1v) is 5.81. The summed E-state index contributed by atoms with van der Waals surface area (Å²) in [7, 11) is 0. The Hall–Kier alpha value is -0.120. The molecule has 0 unspecified atom stereocenters. The molecule has 0 radical (unpaired) electrons. The number of rotatable bonds is 7. The van der Waals surface area contributed by atoms with E-state index in [1.165, 1.54) is 19.3 Å². The van der Waals surface area contributed by atoms with Gasteiger partial charge < -0.3 is 15.8 Å². The van der Waals surface area contributed by atoms with Crippen molar-refractivity contribution in [2.45, 2.75) is 45.3 Å². The fraction of sp³-hybridized carbons (Fsp3) is 1.00. The van der Waals surface area contributed by atoms with Gasteiger partial charge in [-0.2, -0.15) is 0 Å². The Labute approximate surface area is 87.4 Å². The minimum Gasteiger partial charge on any atom is -0.378 e. The molecule has 1 fully saturated rings. The smallest absolute Gasteiger partial charge is 0.0580 e. The Bertz CT molecular complexity index is 146. The van der Waals surface area contributed by atoms with E-state index < -0.39 is 0 Å². The average molecular weight is 200 g/mol. The lowest BCUT2D eigenvalue weighted by molar-refractivity contribution is -0.0264. The Balaban J connectivity index is 1.90. The van der Waals surface area contributed by atoms with E-state index in [0.717, 1.165) is 25.6 Å². The van der Waals surface area contributed by atoms with Crippen molar-refractivity contribution >= 4 is 0 Å². The molecule has 3 heteroatoms. The standard InChI is InChI=1S/C11H24N2O/c1-3-14-11-6-10(7-11)4-5-13-9(2)8-12/h9-11,13H,3-8,12H2,1-2H3/t9-,10?,11?/m0/s1.